The second-order valence-electron chi connectivity index (χ2n) is 3.23. The third-order valence-corrected chi connectivity index (χ3v) is 2.40. The van der Waals surface area contributed by atoms with E-state index in [0.717, 1.165) is 6.54 Å². The van der Waals surface area contributed by atoms with Crippen molar-refractivity contribution in [2.45, 2.75) is 38.5 Å². The van der Waals surface area contributed by atoms with Crippen molar-refractivity contribution >= 4 is 0 Å². The quantitative estimate of drug-likeness (QED) is 0.609. The molecule has 1 saturated heterocycles. The highest BCUT2D eigenvalue weighted by molar-refractivity contribution is 4.84. The van der Waals surface area contributed by atoms with Crippen molar-refractivity contribution in [1.29, 1.82) is 0 Å². The van der Waals surface area contributed by atoms with Crippen molar-refractivity contribution < 1.29 is 5.11 Å². The SMILES string of the molecule is C=CC(O)N1CCCCC1C. The lowest BCUT2D eigenvalue weighted by molar-refractivity contribution is -0.00281. The highest BCUT2D eigenvalue weighted by atomic mass is 16.3. The molecule has 0 saturated carbocycles. The lowest BCUT2D eigenvalue weighted by Gasteiger charge is -2.35. The Morgan fingerprint density at radius 3 is 2.91 bits per heavy atom. The van der Waals surface area contributed by atoms with Gasteiger partial charge in [-0.25, -0.2) is 0 Å². The molecule has 2 atom stereocenters. The molecule has 0 aromatic heterocycles. The average molecular weight is 155 g/mol. The summed E-state index contributed by atoms with van der Waals surface area (Å²) < 4.78 is 0. The van der Waals surface area contributed by atoms with Gasteiger partial charge >= 0.3 is 0 Å². The molecule has 1 fully saturated rings. The molecule has 1 rings (SSSR count). The molecule has 0 amide bonds. The third kappa shape index (κ3) is 2.04. The summed E-state index contributed by atoms with van der Waals surface area (Å²) in [4.78, 5) is 2.09. The van der Waals surface area contributed by atoms with Gasteiger partial charge in [0.2, 0.25) is 0 Å². The molecule has 64 valence electrons. The number of hydrogen-bond donors (Lipinski definition) is 1. The molecule has 1 N–H and O–H groups in total. The average Bonchev–Trinajstić information content (AvgIpc) is 2.04. The van der Waals surface area contributed by atoms with Gasteiger partial charge in [0.05, 0.1) is 0 Å². The molecule has 2 heteroatoms. The van der Waals surface area contributed by atoms with Gasteiger partial charge in [0.25, 0.3) is 0 Å². The summed E-state index contributed by atoms with van der Waals surface area (Å²) in [6.07, 6.45) is 4.86. The molecule has 2 nitrogen and oxygen atoms in total. The van der Waals surface area contributed by atoms with E-state index in [2.05, 4.69) is 18.4 Å². The summed E-state index contributed by atoms with van der Waals surface area (Å²) in [7, 11) is 0. The van der Waals surface area contributed by atoms with Crippen molar-refractivity contribution in [1.82, 2.24) is 4.90 Å². The Bertz CT molecular complexity index is 136. The van der Waals surface area contributed by atoms with Crippen LogP contribution in [0.1, 0.15) is 26.2 Å². The van der Waals surface area contributed by atoms with Gasteiger partial charge in [-0.3, -0.25) is 4.90 Å². The number of piperidine rings is 1. The first-order valence-electron chi connectivity index (χ1n) is 4.32. The van der Waals surface area contributed by atoms with Crippen molar-refractivity contribution in [3.05, 3.63) is 12.7 Å². The zero-order chi connectivity index (χ0) is 8.27. The number of aliphatic hydroxyl groups is 1. The minimum Gasteiger partial charge on any atom is -0.375 e. The summed E-state index contributed by atoms with van der Waals surface area (Å²) in [5.41, 5.74) is 0. The summed E-state index contributed by atoms with van der Waals surface area (Å²) in [6.45, 7) is 6.75. The van der Waals surface area contributed by atoms with Crippen LogP contribution in [0.4, 0.5) is 0 Å². The summed E-state index contributed by atoms with van der Waals surface area (Å²) >= 11 is 0. The third-order valence-electron chi connectivity index (χ3n) is 2.40. The monoisotopic (exact) mass is 155 g/mol. The van der Waals surface area contributed by atoms with Crippen molar-refractivity contribution in [2.75, 3.05) is 6.54 Å². The van der Waals surface area contributed by atoms with E-state index in [0.29, 0.717) is 6.04 Å². The van der Waals surface area contributed by atoms with Gasteiger partial charge in [-0.15, -0.1) is 0 Å². The van der Waals surface area contributed by atoms with Gasteiger partial charge < -0.3 is 5.11 Å². The number of nitrogens with zero attached hydrogens (tertiary/aromatic N) is 1. The molecule has 1 heterocycles. The first-order chi connectivity index (χ1) is 5.25. The van der Waals surface area contributed by atoms with Crippen LogP contribution in [-0.2, 0) is 0 Å². The predicted octanol–water partition coefficient (Wildman–Crippen LogP) is 1.37. The molecule has 0 spiro atoms. The molecule has 0 aromatic rings. The molecule has 1 aliphatic rings. The minimum absolute atomic E-state index is 0.440. The van der Waals surface area contributed by atoms with Crippen LogP contribution in [-0.4, -0.2) is 28.8 Å². The molecule has 11 heavy (non-hydrogen) atoms. The molecular formula is C9H17NO. The Morgan fingerprint density at radius 1 is 1.64 bits per heavy atom. The van der Waals surface area contributed by atoms with Crippen LogP contribution in [0.3, 0.4) is 0 Å². The minimum atomic E-state index is -0.440. The summed E-state index contributed by atoms with van der Waals surface area (Å²) in [5, 5.41) is 9.46. The van der Waals surface area contributed by atoms with Gasteiger partial charge in [0.1, 0.15) is 6.23 Å². The number of hydrogen-bond acceptors (Lipinski definition) is 2. The Balaban J connectivity index is 2.46. The van der Waals surface area contributed by atoms with E-state index in [1.165, 1.54) is 19.3 Å². The van der Waals surface area contributed by atoms with Crippen LogP contribution >= 0.6 is 0 Å². The van der Waals surface area contributed by atoms with Gasteiger partial charge in [-0.05, 0) is 25.8 Å². The van der Waals surface area contributed by atoms with Gasteiger partial charge in [-0.1, -0.05) is 13.0 Å². The zero-order valence-corrected chi connectivity index (χ0v) is 7.16. The first kappa shape index (κ1) is 8.75. The fourth-order valence-electron chi connectivity index (χ4n) is 1.65. The maximum atomic E-state index is 9.46. The molecule has 0 radical (unpaired) electrons. The van der Waals surface area contributed by atoms with Crippen LogP contribution < -0.4 is 0 Å². The zero-order valence-electron chi connectivity index (χ0n) is 7.16. The normalized spacial score (nSPS) is 29.8. The van der Waals surface area contributed by atoms with E-state index < -0.39 is 6.23 Å². The largest absolute Gasteiger partial charge is 0.375 e. The van der Waals surface area contributed by atoms with Crippen LogP contribution in [0.2, 0.25) is 0 Å². The molecule has 0 bridgehead atoms. The maximum absolute atomic E-state index is 9.46. The maximum Gasteiger partial charge on any atom is 0.126 e. The standard InChI is InChI=1S/C9H17NO/c1-3-9(11)10-7-5-4-6-8(10)2/h3,8-9,11H,1,4-7H2,2H3. The summed E-state index contributed by atoms with van der Waals surface area (Å²) in [6, 6.07) is 0.511. The van der Waals surface area contributed by atoms with Crippen molar-refractivity contribution in [3.63, 3.8) is 0 Å². The number of rotatable bonds is 2. The Morgan fingerprint density at radius 2 is 2.36 bits per heavy atom. The second-order valence-corrected chi connectivity index (χ2v) is 3.23. The Labute approximate surface area is 68.5 Å². The van der Waals surface area contributed by atoms with E-state index in [1.54, 1.807) is 6.08 Å². The molecule has 1 aliphatic heterocycles. The summed E-state index contributed by atoms with van der Waals surface area (Å²) in [5.74, 6) is 0. The fourth-order valence-corrected chi connectivity index (χ4v) is 1.65. The number of aliphatic hydroxyl groups excluding tert-OH is 1. The molecule has 0 aliphatic carbocycles. The van der Waals surface area contributed by atoms with Crippen molar-refractivity contribution in [3.8, 4) is 0 Å². The van der Waals surface area contributed by atoms with E-state index in [9.17, 15) is 5.11 Å². The number of likely N-dealkylation sites (tertiary alicyclic amines) is 1. The predicted molar refractivity (Wildman–Crippen MR) is 46.2 cm³/mol. The van der Waals surface area contributed by atoms with Crippen LogP contribution in [0.15, 0.2) is 12.7 Å². The van der Waals surface area contributed by atoms with Crippen LogP contribution in [0.5, 0.6) is 0 Å². The van der Waals surface area contributed by atoms with Gasteiger partial charge in [-0.2, -0.15) is 0 Å². The van der Waals surface area contributed by atoms with Crippen molar-refractivity contribution in [2.24, 2.45) is 0 Å². The second kappa shape index (κ2) is 3.88. The van der Waals surface area contributed by atoms with E-state index in [1.807, 2.05) is 0 Å². The van der Waals surface area contributed by atoms with E-state index >= 15 is 0 Å². The molecular weight excluding hydrogens is 138 g/mol. The highest BCUT2D eigenvalue weighted by Gasteiger charge is 2.21. The van der Waals surface area contributed by atoms with Crippen LogP contribution in [0, 0.1) is 0 Å². The highest BCUT2D eigenvalue weighted by Crippen LogP contribution is 2.18. The smallest absolute Gasteiger partial charge is 0.126 e. The van der Waals surface area contributed by atoms with E-state index in [-0.39, 0.29) is 0 Å². The van der Waals surface area contributed by atoms with Gasteiger partial charge in [0.15, 0.2) is 0 Å². The lowest BCUT2D eigenvalue weighted by Crippen LogP contribution is -2.43. The molecule has 0 aromatic carbocycles. The Kier molecular flexibility index (Phi) is 3.09. The molecule has 2 unspecified atom stereocenters. The Hall–Kier alpha value is -0.340. The van der Waals surface area contributed by atoms with Gasteiger partial charge in [0, 0.05) is 12.6 Å². The fraction of sp³-hybridized carbons (Fsp3) is 0.778. The van der Waals surface area contributed by atoms with Crippen LogP contribution in [0.25, 0.3) is 0 Å². The first-order valence-corrected chi connectivity index (χ1v) is 4.32. The van der Waals surface area contributed by atoms with E-state index in [4.69, 9.17) is 0 Å². The lowest BCUT2D eigenvalue weighted by atomic mass is 10.0. The topological polar surface area (TPSA) is 23.5 Å².